The van der Waals surface area contributed by atoms with Crippen LogP contribution in [0.25, 0.3) is 0 Å². The summed E-state index contributed by atoms with van der Waals surface area (Å²) in [6.45, 7) is 6.17. The van der Waals surface area contributed by atoms with Gasteiger partial charge in [0.1, 0.15) is 0 Å². The standard InChI is InChI=1S/C14H26O3/c1-4-11-8-7-9-12(10-11)14(16,5-2)13(15)17-6-3/h11-12,16H,4-10H2,1-3H3. The van der Waals surface area contributed by atoms with Crippen molar-refractivity contribution in [2.75, 3.05) is 6.61 Å². The molecule has 0 bridgehead atoms. The van der Waals surface area contributed by atoms with Gasteiger partial charge in [-0.15, -0.1) is 0 Å². The quantitative estimate of drug-likeness (QED) is 0.754. The minimum atomic E-state index is -1.26. The van der Waals surface area contributed by atoms with E-state index < -0.39 is 11.6 Å². The number of carbonyl (C=O) groups excluding carboxylic acids is 1. The Morgan fingerprint density at radius 2 is 2.06 bits per heavy atom. The highest BCUT2D eigenvalue weighted by atomic mass is 16.5. The number of hydrogen-bond donors (Lipinski definition) is 1. The minimum absolute atomic E-state index is 0.0743. The first-order chi connectivity index (χ1) is 8.08. The summed E-state index contributed by atoms with van der Waals surface area (Å²) in [6, 6.07) is 0. The van der Waals surface area contributed by atoms with E-state index >= 15 is 0 Å². The fourth-order valence-corrected chi connectivity index (χ4v) is 2.95. The molecule has 0 aliphatic heterocycles. The zero-order valence-corrected chi connectivity index (χ0v) is 11.4. The van der Waals surface area contributed by atoms with Crippen LogP contribution in [-0.2, 0) is 9.53 Å². The molecule has 0 aromatic rings. The van der Waals surface area contributed by atoms with Crippen molar-refractivity contribution in [1.82, 2.24) is 0 Å². The van der Waals surface area contributed by atoms with Gasteiger partial charge in [-0.05, 0) is 38.0 Å². The molecule has 3 heteroatoms. The molecule has 1 saturated carbocycles. The summed E-state index contributed by atoms with van der Waals surface area (Å²) in [5, 5.41) is 10.6. The molecule has 0 spiro atoms. The van der Waals surface area contributed by atoms with Gasteiger partial charge in [0.05, 0.1) is 6.61 Å². The second kappa shape index (κ2) is 6.39. The van der Waals surface area contributed by atoms with E-state index in [0.717, 1.165) is 25.7 Å². The average molecular weight is 242 g/mol. The lowest BCUT2D eigenvalue weighted by Gasteiger charge is -2.38. The van der Waals surface area contributed by atoms with Gasteiger partial charge < -0.3 is 9.84 Å². The molecule has 0 heterocycles. The maximum absolute atomic E-state index is 11.9. The molecule has 1 N–H and O–H groups in total. The molecule has 17 heavy (non-hydrogen) atoms. The van der Waals surface area contributed by atoms with Crippen molar-refractivity contribution < 1.29 is 14.6 Å². The van der Waals surface area contributed by atoms with E-state index in [1.807, 2.05) is 6.92 Å². The van der Waals surface area contributed by atoms with Crippen LogP contribution in [0.4, 0.5) is 0 Å². The number of hydrogen-bond acceptors (Lipinski definition) is 3. The molecule has 0 saturated heterocycles. The third-order valence-electron chi connectivity index (χ3n) is 4.20. The highest BCUT2D eigenvalue weighted by Gasteiger charge is 2.45. The van der Waals surface area contributed by atoms with Gasteiger partial charge in [-0.25, -0.2) is 4.79 Å². The molecule has 1 rings (SSSR count). The van der Waals surface area contributed by atoms with Crippen molar-refractivity contribution in [1.29, 1.82) is 0 Å². The smallest absolute Gasteiger partial charge is 0.338 e. The Kier molecular flexibility index (Phi) is 5.44. The van der Waals surface area contributed by atoms with Crippen LogP contribution in [0.5, 0.6) is 0 Å². The largest absolute Gasteiger partial charge is 0.464 e. The molecule has 1 fully saturated rings. The number of esters is 1. The second-order valence-electron chi connectivity index (χ2n) is 5.14. The first-order valence-corrected chi connectivity index (χ1v) is 6.98. The topological polar surface area (TPSA) is 46.5 Å². The Bertz CT molecular complexity index is 252. The van der Waals surface area contributed by atoms with E-state index in [9.17, 15) is 9.90 Å². The molecule has 0 aromatic carbocycles. The predicted octanol–water partition coefficient (Wildman–Crippen LogP) is 2.91. The van der Waals surface area contributed by atoms with E-state index in [-0.39, 0.29) is 5.92 Å². The first-order valence-electron chi connectivity index (χ1n) is 6.98. The van der Waals surface area contributed by atoms with Crippen LogP contribution in [-0.4, -0.2) is 23.3 Å². The Balaban J connectivity index is 2.74. The second-order valence-corrected chi connectivity index (χ2v) is 5.14. The van der Waals surface area contributed by atoms with Crippen LogP contribution in [0, 0.1) is 11.8 Å². The van der Waals surface area contributed by atoms with Crippen molar-refractivity contribution in [2.45, 2.75) is 64.9 Å². The SMILES string of the molecule is CCOC(=O)C(O)(CC)C1CCCC(CC)C1. The zero-order chi connectivity index (χ0) is 12.9. The molecule has 0 amide bonds. The van der Waals surface area contributed by atoms with Gasteiger partial charge in [0.15, 0.2) is 5.60 Å². The number of ether oxygens (including phenoxy) is 1. The lowest BCUT2D eigenvalue weighted by molar-refractivity contribution is -0.174. The van der Waals surface area contributed by atoms with E-state index in [1.54, 1.807) is 6.92 Å². The maximum Gasteiger partial charge on any atom is 0.338 e. The summed E-state index contributed by atoms with van der Waals surface area (Å²) >= 11 is 0. The summed E-state index contributed by atoms with van der Waals surface area (Å²) < 4.78 is 5.03. The average Bonchev–Trinajstić information content (AvgIpc) is 2.38. The number of aliphatic hydroxyl groups is 1. The summed E-state index contributed by atoms with van der Waals surface area (Å²) in [7, 11) is 0. The van der Waals surface area contributed by atoms with E-state index in [0.29, 0.717) is 18.9 Å². The van der Waals surface area contributed by atoms with Crippen molar-refractivity contribution in [3.8, 4) is 0 Å². The van der Waals surface area contributed by atoms with Crippen LogP contribution in [0.2, 0.25) is 0 Å². The molecule has 1 aliphatic carbocycles. The van der Waals surface area contributed by atoms with Gasteiger partial charge >= 0.3 is 5.97 Å². The van der Waals surface area contributed by atoms with E-state index in [4.69, 9.17) is 4.74 Å². The highest BCUT2D eigenvalue weighted by Crippen LogP contribution is 2.39. The molecule has 100 valence electrons. The van der Waals surface area contributed by atoms with Gasteiger partial charge in [-0.1, -0.05) is 33.1 Å². The highest BCUT2D eigenvalue weighted by molar-refractivity contribution is 5.79. The van der Waals surface area contributed by atoms with Gasteiger partial charge in [0.25, 0.3) is 0 Å². The molecule has 1 aliphatic rings. The van der Waals surface area contributed by atoms with Gasteiger partial charge in [0, 0.05) is 0 Å². The Labute approximate surface area is 105 Å². The van der Waals surface area contributed by atoms with Crippen LogP contribution in [0.3, 0.4) is 0 Å². The van der Waals surface area contributed by atoms with Gasteiger partial charge in [-0.2, -0.15) is 0 Å². The van der Waals surface area contributed by atoms with E-state index in [1.165, 1.54) is 6.42 Å². The van der Waals surface area contributed by atoms with Crippen molar-refractivity contribution >= 4 is 5.97 Å². The molecule has 3 atom stereocenters. The van der Waals surface area contributed by atoms with Crippen LogP contribution in [0.1, 0.15) is 59.3 Å². The Morgan fingerprint density at radius 1 is 1.35 bits per heavy atom. The van der Waals surface area contributed by atoms with Crippen LogP contribution >= 0.6 is 0 Å². The third-order valence-corrected chi connectivity index (χ3v) is 4.20. The van der Waals surface area contributed by atoms with Crippen molar-refractivity contribution in [3.63, 3.8) is 0 Å². The number of carbonyl (C=O) groups is 1. The van der Waals surface area contributed by atoms with Crippen LogP contribution < -0.4 is 0 Å². The molecule has 0 radical (unpaired) electrons. The predicted molar refractivity (Wildman–Crippen MR) is 67.6 cm³/mol. The van der Waals surface area contributed by atoms with Gasteiger partial charge in [-0.3, -0.25) is 0 Å². The Morgan fingerprint density at radius 3 is 2.59 bits per heavy atom. The maximum atomic E-state index is 11.9. The minimum Gasteiger partial charge on any atom is -0.464 e. The Hall–Kier alpha value is -0.570. The summed E-state index contributed by atoms with van der Waals surface area (Å²) in [6.07, 6.45) is 5.84. The first kappa shape index (κ1) is 14.5. The molecule has 0 aromatic heterocycles. The summed E-state index contributed by atoms with van der Waals surface area (Å²) in [5.41, 5.74) is -1.26. The molecular weight excluding hydrogens is 216 g/mol. The zero-order valence-electron chi connectivity index (χ0n) is 11.4. The van der Waals surface area contributed by atoms with Crippen LogP contribution in [0.15, 0.2) is 0 Å². The lowest BCUT2D eigenvalue weighted by Crippen LogP contribution is -2.48. The van der Waals surface area contributed by atoms with E-state index in [2.05, 4.69) is 6.92 Å². The summed E-state index contributed by atoms with van der Waals surface area (Å²) in [4.78, 5) is 11.9. The third kappa shape index (κ3) is 3.21. The van der Waals surface area contributed by atoms with Crippen molar-refractivity contribution in [3.05, 3.63) is 0 Å². The number of rotatable bonds is 5. The monoisotopic (exact) mass is 242 g/mol. The van der Waals surface area contributed by atoms with Gasteiger partial charge in [0.2, 0.25) is 0 Å². The summed E-state index contributed by atoms with van der Waals surface area (Å²) in [5.74, 6) is 0.302. The fourth-order valence-electron chi connectivity index (χ4n) is 2.95. The normalized spacial score (nSPS) is 28.5. The molecular formula is C14H26O3. The van der Waals surface area contributed by atoms with Crippen molar-refractivity contribution in [2.24, 2.45) is 11.8 Å². The molecule has 3 unspecified atom stereocenters. The lowest BCUT2D eigenvalue weighted by atomic mass is 9.71. The fraction of sp³-hybridized carbons (Fsp3) is 0.929. The molecule has 3 nitrogen and oxygen atoms in total.